The van der Waals surface area contributed by atoms with Crippen molar-refractivity contribution in [3.05, 3.63) is 79.0 Å². The van der Waals surface area contributed by atoms with Crippen LogP contribution in [0.15, 0.2) is 73.4 Å². The van der Waals surface area contributed by atoms with Gasteiger partial charge in [-0.3, -0.25) is 4.79 Å². The predicted molar refractivity (Wildman–Crippen MR) is 160 cm³/mol. The van der Waals surface area contributed by atoms with E-state index in [0.717, 1.165) is 38.6 Å². The van der Waals surface area contributed by atoms with E-state index in [-0.39, 0.29) is 28.1 Å². The third-order valence-electron chi connectivity index (χ3n) is 5.19. The molecule has 2 aromatic carbocycles. The fourth-order valence-corrected chi connectivity index (χ4v) is 3.49. The van der Waals surface area contributed by atoms with Crippen molar-refractivity contribution in [1.29, 1.82) is 0 Å². The van der Waals surface area contributed by atoms with E-state index in [1.165, 1.54) is 6.07 Å². The van der Waals surface area contributed by atoms with Gasteiger partial charge in [-0.05, 0) is 26.2 Å². The molecule has 1 saturated heterocycles. The van der Waals surface area contributed by atoms with Crippen LogP contribution in [0.5, 0.6) is 5.75 Å². The summed E-state index contributed by atoms with van der Waals surface area (Å²) < 4.78 is 169. The molecule has 11 heteroatoms. The number of rotatable bonds is 10. The van der Waals surface area contributed by atoms with Gasteiger partial charge in [-0.1, -0.05) is 36.8 Å². The molecule has 3 heterocycles. The Morgan fingerprint density at radius 3 is 2.85 bits per heavy atom. The lowest BCUT2D eigenvalue weighted by molar-refractivity contribution is -0.111. The highest BCUT2D eigenvalue weighted by Crippen LogP contribution is 2.38. The highest BCUT2D eigenvalue weighted by atomic mass is 16.5. The SMILES string of the molecule is [2H]c1c([2H])c([2H])c(-c2nn(-c3ccnc(Nc4cc(NC(=O)C=C)c(N5C([2H])([2H])C([2H])([2H])OC([2H])([2H])C5([2H])[2H])cc4OC)n3)c([2H])c2C([2H])([2H])N(C)C([2H])([2H])[2H])c([2H])c1[2H]. The first-order valence-electron chi connectivity index (χ1n) is 21.1. The summed E-state index contributed by atoms with van der Waals surface area (Å²) in [5.74, 6) is -1.85. The van der Waals surface area contributed by atoms with Gasteiger partial charge in [0.2, 0.25) is 11.9 Å². The summed E-state index contributed by atoms with van der Waals surface area (Å²) in [6.07, 6.45) is 1.08. The molecule has 212 valence electrons. The van der Waals surface area contributed by atoms with Gasteiger partial charge in [0.15, 0.2) is 5.82 Å². The van der Waals surface area contributed by atoms with Gasteiger partial charge in [0.1, 0.15) is 5.75 Å². The summed E-state index contributed by atoms with van der Waals surface area (Å²) in [7, 11) is 2.02. The monoisotopic (exact) mass is 573 g/mol. The van der Waals surface area contributed by atoms with E-state index in [9.17, 15) is 4.79 Å². The van der Waals surface area contributed by atoms with Gasteiger partial charge in [0, 0.05) is 62.0 Å². The molecule has 1 aliphatic rings. The Balaban J connectivity index is 1.72. The number of aromatic nitrogens is 4. The van der Waals surface area contributed by atoms with E-state index in [0.29, 0.717) is 9.58 Å². The van der Waals surface area contributed by atoms with E-state index in [4.69, 9.17) is 30.8 Å². The van der Waals surface area contributed by atoms with Crippen LogP contribution in [0.1, 0.15) is 31.6 Å². The summed E-state index contributed by atoms with van der Waals surface area (Å²) in [5.41, 5.74) is -3.32. The molecule has 0 saturated carbocycles. The molecule has 0 radical (unpaired) electrons. The van der Waals surface area contributed by atoms with Gasteiger partial charge in [0.25, 0.3) is 0 Å². The number of hydrogen-bond donors (Lipinski definition) is 2. The van der Waals surface area contributed by atoms with Gasteiger partial charge in [0.05, 0.1) is 62.2 Å². The maximum atomic E-state index is 12.6. The normalized spacial score (nSPS) is 25.5. The van der Waals surface area contributed by atoms with Crippen molar-refractivity contribution in [2.75, 3.05) is 62.8 Å². The number of carbonyl (C=O) groups is 1. The Bertz CT molecular complexity index is 2330. The minimum atomic E-state index is -3.46. The molecule has 1 amide bonds. The molecule has 4 aromatic rings. The van der Waals surface area contributed by atoms with Crippen molar-refractivity contribution >= 4 is 28.9 Å². The molecule has 1 fully saturated rings. The molecular weight excluding hydrogens is 520 g/mol. The van der Waals surface area contributed by atoms with Crippen LogP contribution in [-0.4, -0.2) is 77.8 Å². The number of amides is 1. The van der Waals surface area contributed by atoms with Crippen LogP contribution < -0.4 is 20.3 Å². The zero-order valence-corrected chi connectivity index (χ0v) is 21.5. The lowest BCUT2D eigenvalue weighted by atomic mass is 10.1. The van der Waals surface area contributed by atoms with Crippen molar-refractivity contribution in [1.82, 2.24) is 24.6 Å². The minimum Gasteiger partial charge on any atom is -0.494 e. The minimum absolute atomic E-state index is 0.117. The topological polar surface area (TPSA) is 110 Å². The van der Waals surface area contributed by atoms with E-state index >= 15 is 0 Å². The summed E-state index contributed by atoms with van der Waals surface area (Å²) in [5, 5.41) is 9.33. The first-order chi connectivity index (χ1) is 27.4. The number of nitrogens with zero attached hydrogens (tertiary/aromatic N) is 6. The lowest BCUT2D eigenvalue weighted by Gasteiger charge is -2.31. The van der Waals surface area contributed by atoms with E-state index in [1.807, 2.05) is 0 Å². The van der Waals surface area contributed by atoms with Gasteiger partial charge in [-0.2, -0.15) is 10.1 Å². The van der Waals surface area contributed by atoms with Crippen molar-refractivity contribution in [2.24, 2.45) is 0 Å². The van der Waals surface area contributed by atoms with Gasteiger partial charge >= 0.3 is 0 Å². The molecule has 5 rings (SSSR count). The van der Waals surface area contributed by atoms with E-state index in [2.05, 4.69) is 37.0 Å². The number of methoxy groups -OCH3 is 1. The number of benzene rings is 2. The second-order valence-electron chi connectivity index (χ2n) is 7.91. The smallest absolute Gasteiger partial charge is 0.247 e. The van der Waals surface area contributed by atoms with Crippen LogP contribution >= 0.6 is 0 Å². The maximum absolute atomic E-state index is 12.6. The third-order valence-corrected chi connectivity index (χ3v) is 5.19. The Morgan fingerprint density at radius 1 is 1.32 bits per heavy atom. The number of morpholine rings is 1. The lowest BCUT2D eigenvalue weighted by Crippen LogP contribution is -2.36. The number of ether oxygens (including phenoxy) is 2. The molecule has 0 bridgehead atoms. The average Bonchev–Trinajstić information content (AvgIpc) is 3.49. The number of carbonyl (C=O) groups excluding carboxylic acids is 1. The van der Waals surface area contributed by atoms with Crippen LogP contribution in [0.25, 0.3) is 17.1 Å². The summed E-state index contributed by atoms with van der Waals surface area (Å²) >= 11 is 0. The van der Waals surface area contributed by atoms with Crippen LogP contribution in [0.4, 0.5) is 23.0 Å². The molecule has 41 heavy (non-hydrogen) atoms. The Labute approximate surface area is 266 Å². The summed E-state index contributed by atoms with van der Waals surface area (Å²) in [6, 6.07) is -0.887. The maximum Gasteiger partial charge on any atom is 0.247 e. The Hall–Kier alpha value is -4.74. The average molecular weight is 574 g/mol. The van der Waals surface area contributed by atoms with Gasteiger partial charge in [-0.25, -0.2) is 9.67 Å². The largest absolute Gasteiger partial charge is 0.494 e. The van der Waals surface area contributed by atoms with Crippen LogP contribution in [0.2, 0.25) is 0 Å². The van der Waals surface area contributed by atoms with Crippen LogP contribution in [-0.2, 0) is 16.0 Å². The van der Waals surface area contributed by atoms with E-state index in [1.54, 1.807) is 0 Å². The third kappa shape index (κ3) is 6.53. The molecule has 0 spiro atoms. The fraction of sp³-hybridized carbons (Fsp3) is 0.267. The molecular formula is C30H34N8O3. The van der Waals surface area contributed by atoms with Crippen molar-refractivity contribution in [3.63, 3.8) is 0 Å². The molecule has 0 unspecified atom stereocenters. The molecule has 1 aliphatic heterocycles. The van der Waals surface area contributed by atoms with Gasteiger partial charge < -0.3 is 29.9 Å². The molecule has 2 aromatic heterocycles. The summed E-state index contributed by atoms with van der Waals surface area (Å²) in [6.45, 7) is -16.7. The first kappa shape index (κ1) is 12.8. The highest BCUT2D eigenvalue weighted by molar-refractivity contribution is 6.02. The zero-order chi connectivity index (χ0) is 45.5. The Morgan fingerprint density at radius 2 is 2.12 bits per heavy atom. The predicted octanol–water partition coefficient (Wildman–Crippen LogP) is 4.10. The van der Waals surface area contributed by atoms with Crippen molar-refractivity contribution < 1.29 is 40.3 Å². The molecule has 11 nitrogen and oxygen atoms in total. The molecule has 0 atom stereocenters. The fourth-order valence-electron chi connectivity index (χ4n) is 3.49. The molecule has 0 aliphatic carbocycles. The number of nitrogens with one attached hydrogen (secondary N) is 2. The Kier molecular flexibility index (Phi) is 3.95. The van der Waals surface area contributed by atoms with E-state index < -0.39 is 110 Å². The quantitative estimate of drug-likeness (QED) is 0.271. The van der Waals surface area contributed by atoms with Crippen molar-refractivity contribution in [3.8, 4) is 22.8 Å². The van der Waals surface area contributed by atoms with Crippen molar-refractivity contribution in [2.45, 2.75) is 6.50 Å². The van der Waals surface area contributed by atoms with Crippen LogP contribution in [0.3, 0.4) is 0 Å². The van der Waals surface area contributed by atoms with Crippen LogP contribution in [0, 0.1) is 0 Å². The number of anilines is 4. The first-order valence-corrected chi connectivity index (χ1v) is 11.6. The second-order valence-corrected chi connectivity index (χ2v) is 7.91. The molecule has 2 N–H and O–H groups in total. The highest BCUT2D eigenvalue weighted by Gasteiger charge is 2.20. The zero-order valence-electron chi connectivity index (χ0n) is 40.5. The second kappa shape index (κ2) is 12.6. The number of hydrogen-bond acceptors (Lipinski definition) is 9. The summed E-state index contributed by atoms with van der Waals surface area (Å²) in [4.78, 5) is 21.4. The standard InChI is InChI=1S/C30H34N8O3/c1-5-28(39)32-23-17-24(26(40-4)18-25(23)37-13-15-41-16-14-37)33-30-31-12-11-27(34-30)38-20-22(19-36(2)3)29(35-38)21-9-7-6-8-10-21/h5-12,17-18,20H,1,13-16,19H2,2-4H3,(H,32,39)(H,31,33,34)/i2D3,6D,7D,8D,9D,10D,13D2,14D2,15D2,16D2,19D2,20D. The van der Waals surface area contributed by atoms with Gasteiger partial charge in [-0.15, -0.1) is 0 Å².